The largest absolute Gasteiger partial charge is 0.481 e. The summed E-state index contributed by atoms with van der Waals surface area (Å²) in [5.41, 5.74) is 2.76. The van der Waals surface area contributed by atoms with Gasteiger partial charge >= 0.3 is 5.97 Å². The van der Waals surface area contributed by atoms with Crippen LogP contribution in [0.3, 0.4) is 0 Å². The van der Waals surface area contributed by atoms with Crippen molar-refractivity contribution in [1.82, 2.24) is 10.3 Å². The number of carbonyl (C=O) groups is 2. The van der Waals surface area contributed by atoms with Gasteiger partial charge in [0.05, 0.1) is 5.56 Å². The number of carboxylic acid groups (broad SMARTS) is 1. The molecule has 2 rings (SSSR count). The van der Waals surface area contributed by atoms with Crippen LogP contribution in [0, 0.1) is 0 Å². The third kappa shape index (κ3) is 5.31. The maximum absolute atomic E-state index is 12.5. The quantitative estimate of drug-likeness (QED) is 0.797. The molecule has 1 amide bonds. The number of amides is 1. The maximum Gasteiger partial charge on any atom is 0.303 e. The number of aliphatic carboxylic acids is 1. The van der Waals surface area contributed by atoms with Crippen molar-refractivity contribution in [3.63, 3.8) is 0 Å². The molecule has 0 atom stereocenters. The second-order valence-electron chi connectivity index (χ2n) is 7.14. The minimum atomic E-state index is -0.878. The predicted octanol–water partition coefficient (Wildman–Crippen LogP) is 3.19. The van der Waals surface area contributed by atoms with Crippen molar-refractivity contribution >= 4 is 17.6 Å². The molecular formula is C20H25N3O3. The van der Waals surface area contributed by atoms with Gasteiger partial charge in [-0.05, 0) is 44.0 Å². The minimum Gasteiger partial charge on any atom is -0.481 e. The Morgan fingerprint density at radius 1 is 1.12 bits per heavy atom. The summed E-state index contributed by atoms with van der Waals surface area (Å²) in [4.78, 5) is 29.5. The summed E-state index contributed by atoms with van der Waals surface area (Å²) in [6.07, 6.45) is 3.59. The zero-order valence-corrected chi connectivity index (χ0v) is 15.6. The number of nitrogens with zero attached hydrogens (tertiary/aromatic N) is 2. The van der Waals surface area contributed by atoms with Gasteiger partial charge in [0.25, 0.3) is 5.91 Å². The monoisotopic (exact) mass is 355 g/mol. The van der Waals surface area contributed by atoms with E-state index < -0.39 is 11.5 Å². The molecule has 6 heteroatoms. The molecule has 0 aliphatic rings. The SMILES string of the molecule is CN(C)c1ccc(-c2cncc(C(=O)NC(C)(C)CCC(=O)O)c2)cc1. The highest BCUT2D eigenvalue weighted by Gasteiger charge is 2.22. The molecule has 0 bridgehead atoms. The van der Waals surface area contributed by atoms with Gasteiger partial charge in [-0.15, -0.1) is 0 Å². The lowest BCUT2D eigenvalue weighted by Crippen LogP contribution is -2.43. The van der Waals surface area contributed by atoms with Crippen LogP contribution in [0.25, 0.3) is 11.1 Å². The summed E-state index contributed by atoms with van der Waals surface area (Å²) in [7, 11) is 3.96. The Balaban J connectivity index is 2.15. The number of hydrogen-bond donors (Lipinski definition) is 2. The highest BCUT2D eigenvalue weighted by Crippen LogP contribution is 2.23. The average molecular weight is 355 g/mol. The van der Waals surface area contributed by atoms with Gasteiger partial charge in [0, 0.05) is 49.7 Å². The number of rotatable bonds is 7. The lowest BCUT2D eigenvalue weighted by atomic mass is 9.97. The van der Waals surface area contributed by atoms with Crippen molar-refractivity contribution in [2.75, 3.05) is 19.0 Å². The van der Waals surface area contributed by atoms with E-state index in [2.05, 4.69) is 10.3 Å². The smallest absolute Gasteiger partial charge is 0.303 e. The molecule has 26 heavy (non-hydrogen) atoms. The fraction of sp³-hybridized carbons (Fsp3) is 0.350. The molecule has 2 N–H and O–H groups in total. The van der Waals surface area contributed by atoms with Gasteiger partial charge in [-0.2, -0.15) is 0 Å². The molecule has 1 aromatic heterocycles. The number of nitrogens with one attached hydrogen (secondary N) is 1. The van der Waals surface area contributed by atoms with Gasteiger partial charge in [0.15, 0.2) is 0 Å². The van der Waals surface area contributed by atoms with Crippen molar-refractivity contribution in [3.05, 3.63) is 48.3 Å². The molecule has 0 saturated carbocycles. The summed E-state index contributed by atoms with van der Waals surface area (Å²) >= 11 is 0. The number of carbonyl (C=O) groups excluding carboxylic acids is 1. The third-order valence-corrected chi connectivity index (χ3v) is 4.13. The molecule has 0 aliphatic carbocycles. The van der Waals surface area contributed by atoms with E-state index in [-0.39, 0.29) is 12.3 Å². The molecule has 138 valence electrons. The van der Waals surface area contributed by atoms with E-state index in [4.69, 9.17) is 5.11 Å². The fourth-order valence-corrected chi connectivity index (χ4v) is 2.54. The van der Waals surface area contributed by atoms with Gasteiger partial charge in [-0.25, -0.2) is 0 Å². The first-order valence-corrected chi connectivity index (χ1v) is 8.45. The number of carboxylic acids is 1. The first-order valence-electron chi connectivity index (χ1n) is 8.45. The zero-order chi connectivity index (χ0) is 19.3. The van der Waals surface area contributed by atoms with Crippen LogP contribution in [0.4, 0.5) is 5.69 Å². The Labute approximate surface area is 153 Å². The standard InChI is InChI=1S/C20H25N3O3/c1-20(2,10-9-18(24)25)22-19(26)16-11-15(12-21-13-16)14-5-7-17(8-6-14)23(3)4/h5-8,11-13H,9-10H2,1-4H3,(H,22,26)(H,24,25). The highest BCUT2D eigenvalue weighted by atomic mass is 16.4. The van der Waals surface area contributed by atoms with E-state index in [0.717, 1.165) is 16.8 Å². The predicted molar refractivity (Wildman–Crippen MR) is 102 cm³/mol. The second kappa shape index (κ2) is 7.99. The summed E-state index contributed by atoms with van der Waals surface area (Å²) in [6, 6.07) is 9.80. The Kier molecular flexibility index (Phi) is 5.97. The van der Waals surface area contributed by atoms with E-state index in [9.17, 15) is 9.59 Å². The summed E-state index contributed by atoms with van der Waals surface area (Å²) < 4.78 is 0. The molecule has 1 heterocycles. The number of aromatic nitrogens is 1. The van der Waals surface area contributed by atoms with Gasteiger partial charge in [0.2, 0.25) is 0 Å². The molecule has 6 nitrogen and oxygen atoms in total. The lowest BCUT2D eigenvalue weighted by molar-refractivity contribution is -0.137. The normalized spacial score (nSPS) is 11.1. The molecule has 0 spiro atoms. The van der Waals surface area contributed by atoms with Gasteiger partial charge < -0.3 is 15.3 Å². The maximum atomic E-state index is 12.5. The number of hydrogen-bond acceptors (Lipinski definition) is 4. The van der Waals surface area contributed by atoms with Crippen LogP contribution < -0.4 is 10.2 Å². The van der Waals surface area contributed by atoms with Crippen molar-refractivity contribution in [2.45, 2.75) is 32.2 Å². The van der Waals surface area contributed by atoms with E-state index >= 15 is 0 Å². The number of anilines is 1. The van der Waals surface area contributed by atoms with Crippen LogP contribution in [-0.2, 0) is 4.79 Å². The van der Waals surface area contributed by atoms with Gasteiger partial charge in [0.1, 0.15) is 0 Å². The van der Waals surface area contributed by atoms with Crippen LogP contribution in [0.1, 0.15) is 37.0 Å². The average Bonchev–Trinajstić information content (AvgIpc) is 2.60. The molecule has 0 aliphatic heterocycles. The second-order valence-corrected chi connectivity index (χ2v) is 7.14. The van der Waals surface area contributed by atoms with E-state index in [1.54, 1.807) is 12.3 Å². The first-order chi connectivity index (χ1) is 12.2. The van der Waals surface area contributed by atoms with Crippen LogP contribution in [0.2, 0.25) is 0 Å². The fourth-order valence-electron chi connectivity index (χ4n) is 2.54. The summed E-state index contributed by atoms with van der Waals surface area (Å²) in [6.45, 7) is 3.62. The Hall–Kier alpha value is -2.89. The Bertz CT molecular complexity index is 783. The Morgan fingerprint density at radius 2 is 1.77 bits per heavy atom. The lowest BCUT2D eigenvalue weighted by Gasteiger charge is -2.25. The van der Waals surface area contributed by atoms with Gasteiger partial charge in [-0.3, -0.25) is 14.6 Å². The number of pyridine rings is 1. The minimum absolute atomic E-state index is 0.00376. The highest BCUT2D eigenvalue weighted by molar-refractivity contribution is 5.95. The van der Waals surface area contributed by atoms with Crippen LogP contribution >= 0.6 is 0 Å². The zero-order valence-electron chi connectivity index (χ0n) is 15.6. The molecule has 2 aromatic rings. The first kappa shape index (κ1) is 19.4. The van der Waals surface area contributed by atoms with Crippen LogP contribution in [-0.4, -0.2) is 41.6 Å². The van der Waals surface area contributed by atoms with Gasteiger partial charge in [-0.1, -0.05) is 12.1 Å². The molecule has 0 fully saturated rings. The summed E-state index contributed by atoms with van der Waals surface area (Å²) in [5, 5.41) is 11.7. The molecule has 0 radical (unpaired) electrons. The molecule has 1 aromatic carbocycles. The molecule has 0 unspecified atom stereocenters. The topological polar surface area (TPSA) is 82.5 Å². The van der Waals surface area contributed by atoms with E-state index in [1.165, 1.54) is 6.20 Å². The van der Waals surface area contributed by atoms with Crippen molar-refractivity contribution < 1.29 is 14.7 Å². The number of benzene rings is 1. The van der Waals surface area contributed by atoms with Crippen molar-refractivity contribution in [2.24, 2.45) is 0 Å². The van der Waals surface area contributed by atoms with Crippen LogP contribution in [0.5, 0.6) is 0 Å². The van der Waals surface area contributed by atoms with Crippen molar-refractivity contribution in [3.8, 4) is 11.1 Å². The van der Waals surface area contributed by atoms with Crippen LogP contribution in [0.15, 0.2) is 42.7 Å². The Morgan fingerprint density at radius 3 is 2.35 bits per heavy atom. The van der Waals surface area contributed by atoms with E-state index in [0.29, 0.717) is 12.0 Å². The molecule has 0 saturated heterocycles. The van der Waals surface area contributed by atoms with Crippen molar-refractivity contribution in [1.29, 1.82) is 0 Å². The third-order valence-electron chi connectivity index (χ3n) is 4.13. The molecular weight excluding hydrogens is 330 g/mol. The van der Waals surface area contributed by atoms with E-state index in [1.807, 2.05) is 57.1 Å². The summed E-state index contributed by atoms with van der Waals surface area (Å²) in [5.74, 6) is -1.14.